The van der Waals surface area contributed by atoms with Gasteiger partial charge in [-0.2, -0.15) is 18.4 Å². The van der Waals surface area contributed by atoms with Crippen LogP contribution in [0.4, 0.5) is 23.2 Å². The van der Waals surface area contributed by atoms with Crippen molar-refractivity contribution in [1.29, 1.82) is 5.26 Å². The van der Waals surface area contributed by atoms with Crippen LogP contribution in [0.5, 0.6) is 0 Å². The molecule has 0 bridgehead atoms. The molecule has 0 unspecified atom stereocenters. The van der Waals surface area contributed by atoms with Crippen LogP contribution in [0, 0.1) is 17.1 Å². The van der Waals surface area contributed by atoms with E-state index >= 15 is 0 Å². The predicted molar refractivity (Wildman–Crippen MR) is 103 cm³/mol. The maximum atomic E-state index is 13.0. The van der Waals surface area contributed by atoms with Crippen molar-refractivity contribution in [2.75, 3.05) is 5.32 Å². The van der Waals surface area contributed by atoms with Gasteiger partial charge in [-0.1, -0.05) is 12.1 Å². The number of benzene rings is 2. The molecule has 3 aromatic rings. The Morgan fingerprint density at radius 3 is 2.54 bits per heavy atom. The second-order valence-corrected chi connectivity index (χ2v) is 7.37. The van der Waals surface area contributed by atoms with Gasteiger partial charge < -0.3 is 5.32 Å². The van der Waals surface area contributed by atoms with E-state index in [1.54, 1.807) is 23.6 Å². The van der Waals surface area contributed by atoms with Crippen molar-refractivity contribution in [3.8, 4) is 17.3 Å². The van der Waals surface area contributed by atoms with Crippen molar-refractivity contribution >= 4 is 34.4 Å². The molecule has 1 heterocycles. The summed E-state index contributed by atoms with van der Waals surface area (Å²) >= 11 is 0.976. The van der Waals surface area contributed by atoms with Crippen molar-refractivity contribution < 1.29 is 17.6 Å². The molecule has 0 aliphatic carbocycles. The monoisotopic (exact) mass is 421 g/mol. The molecular weight excluding hydrogens is 410 g/mol. The van der Waals surface area contributed by atoms with E-state index in [9.17, 15) is 22.8 Å². The minimum absolute atomic E-state index is 0.00493. The summed E-state index contributed by atoms with van der Waals surface area (Å²) in [7, 11) is 0. The first-order valence-electron chi connectivity index (χ1n) is 7.79. The van der Waals surface area contributed by atoms with Gasteiger partial charge in [0.25, 0.3) is 0 Å². The molecule has 2 aromatic carbocycles. The van der Waals surface area contributed by atoms with Crippen molar-refractivity contribution in [3.05, 3.63) is 70.9 Å². The first-order valence-corrected chi connectivity index (χ1v) is 9.49. The Morgan fingerprint density at radius 2 is 1.86 bits per heavy atom. The molecule has 1 N–H and O–H groups in total. The van der Waals surface area contributed by atoms with Gasteiger partial charge in [0.1, 0.15) is 22.5 Å². The number of nitrogens with one attached hydrogen (secondary N) is 1. The standard InChI is InChI=1S/C19H11F4N3S2/c20-14-7-5-12(6-8-14)16-11-27-18(26-16)13(9-24)10-25-15-3-1-2-4-17(15)28-19(21,22)23/h1-8,10-11,25H/b13-10+. The Hall–Kier alpha value is -2.83. The fourth-order valence-electron chi connectivity index (χ4n) is 2.24. The summed E-state index contributed by atoms with van der Waals surface area (Å²) in [5.41, 5.74) is -2.74. The molecule has 0 aliphatic rings. The molecule has 0 atom stereocenters. The number of hydrogen-bond donors (Lipinski definition) is 1. The molecule has 1 aromatic heterocycles. The van der Waals surface area contributed by atoms with Crippen LogP contribution < -0.4 is 5.32 Å². The molecule has 0 radical (unpaired) electrons. The van der Waals surface area contributed by atoms with Crippen molar-refractivity contribution in [1.82, 2.24) is 4.98 Å². The molecule has 3 nitrogen and oxygen atoms in total. The third kappa shape index (κ3) is 5.12. The third-order valence-electron chi connectivity index (χ3n) is 3.48. The highest BCUT2D eigenvalue weighted by atomic mass is 32.2. The molecule has 0 saturated heterocycles. The Morgan fingerprint density at radius 1 is 1.14 bits per heavy atom. The largest absolute Gasteiger partial charge is 0.446 e. The summed E-state index contributed by atoms with van der Waals surface area (Å²) in [6, 6.07) is 13.7. The van der Waals surface area contributed by atoms with E-state index in [1.165, 1.54) is 47.9 Å². The van der Waals surface area contributed by atoms with Gasteiger partial charge >= 0.3 is 5.51 Å². The second kappa shape index (κ2) is 8.46. The van der Waals surface area contributed by atoms with Gasteiger partial charge in [0.05, 0.1) is 11.4 Å². The van der Waals surface area contributed by atoms with Crippen LogP contribution in [-0.4, -0.2) is 10.5 Å². The van der Waals surface area contributed by atoms with Crippen LogP contribution in [0.3, 0.4) is 0 Å². The molecular formula is C19H11F4N3S2. The molecule has 0 saturated carbocycles. The smallest absolute Gasteiger partial charge is 0.359 e. The maximum Gasteiger partial charge on any atom is 0.446 e. The van der Waals surface area contributed by atoms with Crippen LogP contribution in [-0.2, 0) is 0 Å². The van der Waals surface area contributed by atoms with Crippen LogP contribution >= 0.6 is 23.1 Å². The molecule has 142 valence electrons. The molecule has 0 spiro atoms. The normalized spacial score (nSPS) is 11.9. The van der Waals surface area contributed by atoms with Crippen molar-refractivity contribution in [2.45, 2.75) is 10.4 Å². The van der Waals surface area contributed by atoms with Crippen LogP contribution in [0.1, 0.15) is 5.01 Å². The van der Waals surface area contributed by atoms with E-state index in [0.29, 0.717) is 16.3 Å². The van der Waals surface area contributed by atoms with Crippen LogP contribution in [0.25, 0.3) is 16.8 Å². The quantitative estimate of drug-likeness (QED) is 0.289. The summed E-state index contributed by atoms with van der Waals surface area (Å²) in [4.78, 5) is 4.35. The van der Waals surface area contributed by atoms with Gasteiger partial charge in [-0.25, -0.2) is 9.37 Å². The van der Waals surface area contributed by atoms with Gasteiger partial charge in [-0.3, -0.25) is 0 Å². The highest BCUT2D eigenvalue weighted by Gasteiger charge is 2.30. The summed E-state index contributed by atoms with van der Waals surface area (Å²) in [5.74, 6) is -0.364. The average molecular weight is 421 g/mol. The highest BCUT2D eigenvalue weighted by molar-refractivity contribution is 8.00. The van der Waals surface area contributed by atoms with Gasteiger partial charge in [-0.05, 0) is 48.2 Å². The number of alkyl halides is 3. The fraction of sp³-hybridized carbons (Fsp3) is 0.0526. The van der Waals surface area contributed by atoms with Crippen molar-refractivity contribution in [3.63, 3.8) is 0 Å². The topological polar surface area (TPSA) is 48.7 Å². The van der Waals surface area contributed by atoms with E-state index in [-0.39, 0.29) is 33.7 Å². The number of para-hydroxylation sites is 1. The SMILES string of the molecule is N#C/C(=C\Nc1ccccc1SC(F)(F)F)c1nc(-c2ccc(F)cc2)cs1. The van der Waals surface area contributed by atoms with E-state index in [1.807, 2.05) is 6.07 Å². The number of anilines is 1. The lowest BCUT2D eigenvalue weighted by Gasteiger charge is -2.10. The minimum Gasteiger partial charge on any atom is -0.359 e. The summed E-state index contributed by atoms with van der Waals surface area (Å²) in [6.45, 7) is 0. The van der Waals surface area contributed by atoms with Crippen LogP contribution in [0.2, 0.25) is 0 Å². The lowest BCUT2D eigenvalue weighted by atomic mass is 10.2. The average Bonchev–Trinajstić information content (AvgIpc) is 3.13. The maximum absolute atomic E-state index is 13.0. The summed E-state index contributed by atoms with van der Waals surface area (Å²) in [6.07, 6.45) is 1.32. The number of rotatable bonds is 5. The lowest BCUT2D eigenvalue weighted by Crippen LogP contribution is -2.01. The Labute approximate surface area is 166 Å². The zero-order valence-electron chi connectivity index (χ0n) is 14.0. The Kier molecular flexibility index (Phi) is 6.02. The minimum atomic E-state index is -4.42. The Balaban J connectivity index is 1.83. The number of thiazole rings is 1. The molecule has 9 heteroatoms. The first-order chi connectivity index (χ1) is 13.4. The predicted octanol–water partition coefficient (Wildman–Crippen LogP) is 6.54. The van der Waals surface area contributed by atoms with Gasteiger partial charge in [-0.15, -0.1) is 11.3 Å². The van der Waals surface area contributed by atoms with E-state index in [0.717, 1.165) is 0 Å². The first kappa shape index (κ1) is 19.9. The molecule has 3 rings (SSSR count). The number of allylic oxidation sites excluding steroid dienone is 1. The van der Waals surface area contributed by atoms with E-state index in [4.69, 9.17) is 0 Å². The van der Waals surface area contributed by atoms with Gasteiger partial charge in [0.2, 0.25) is 0 Å². The highest BCUT2D eigenvalue weighted by Crippen LogP contribution is 2.40. The number of nitrogens with zero attached hydrogens (tertiary/aromatic N) is 2. The van der Waals surface area contributed by atoms with Crippen LogP contribution in [0.15, 0.2) is 65.0 Å². The molecule has 28 heavy (non-hydrogen) atoms. The zero-order chi connectivity index (χ0) is 20.1. The van der Waals surface area contributed by atoms with Gasteiger partial charge in [0.15, 0.2) is 0 Å². The third-order valence-corrected chi connectivity index (χ3v) is 5.16. The summed E-state index contributed by atoms with van der Waals surface area (Å²) in [5, 5.41) is 14.3. The number of halogens is 4. The number of nitriles is 1. The fourth-order valence-corrected chi connectivity index (χ4v) is 3.67. The molecule has 0 fully saturated rings. The van der Waals surface area contributed by atoms with E-state index in [2.05, 4.69) is 10.3 Å². The number of aromatic nitrogens is 1. The molecule has 0 aliphatic heterocycles. The zero-order valence-corrected chi connectivity index (χ0v) is 15.6. The Bertz CT molecular complexity index is 1030. The van der Waals surface area contributed by atoms with Gasteiger partial charge in [0, 0.05) is 22.0 Å². The second-order valence-electron chi connectivity index (χ2n) is 5.40. The number of hydrogen-bond acceptors (Lipinski definition) is 5. The van der Waals surface area contributed by atoms with E-state index < -0.39 is 5.51 Å². The lowest BCUT2D eigenvalue weighted by molar-refractivity contribution is -0.0327. The number of thioether (sulfide) groups is 1. The van der Waals surface area contributed by atoms with Crippen molar-refractivity contribution in [2.24, 2.45) is 0 Å². The summed E-state index contributed by atoms with van der Waals surface area (Å²) < 4.78 is 51.1. The molecule has 0 amide bonds.